The van der Waals surface area contributed by atoms with Crippen LogP contribution in [0.1, 0.15) is 38.2 Å². The van der Waals surface area contributed by atoms with E-state index in [1.165, 1.54) is 12.1 Å². The fourth-order valence-electron chi connectivity index (χ4n) is 1.60. The third kappa shape index (κ3) is 3.67. The normalized spacial score (nSPS) is 12.2. The van der Waals surface area contributed by atoms with Gasteiger partial charge in [0.05, 0.1) is 6.07 Å². The van der Waals surface area contributed by atoms with Gasteiger partial charge in [-0.3, -0.25) is 4.79 Å². The van der Waals surface area contributed by atoms with Gasteiger partial charge in [-0.2, -0.15) is 5.26 Å². The van der Waals surface area contributed by atoms with Gasteiger partial charge in [0.25, 0.3) is 0 Å². The molecule has 0 aliphatic heterocycles. The Morgan fingerprint density at radius 2 is 2.06 bits per heavy atom. The minimum Gasteiger partial charge on any atom is -0.298 e. The zero-order valence-corrected chi connectivity index (χ0v) is 10.1. The van der Waals surface area contributed by atoms with Gasteiger partial charge in [0.15, 0.2) is 5.78 Å². The molecule has 1 rings (SSSR count). The van der Waals surface area contributed by atoms with Gasteiger partial charge in [0, 0.05) is 12.0 Å². The van der Waals surface area contributed by atoms with E-state index in [2.05, 4.69) is 0 Å². The van der Waals surface area contributed by atoms with E-state index in [4.69, 9.17) is 5.26 Å². The topological polar surface area (TPSA) is 40.9 Å². The summed E-state index contributed by atoms with van der Waals surface area (Å²) in [6.07, 6.45) is 1.05. The van der Waals surface area contributed by atoms with Gasteiger partial charge in [-0.1, -0.05) is 32.0 Å². The van der Waals surface area contributed by atoms with Crippen molar-refractivity contribution in [1.29, 1.82) is 5.26 Å². The van der Waals surface area contributed by atoms with Crippen LogP contribution < -0.4 is 0 Å². The van der Waals surface area contributed by atoms with Gasteiger partial charge >= 0.3 is 0 Å². The van der Waals surface area contributed by atoms with Gasteiger partial charge in [0.2, 0.25) is 0 Å². The van der Waals surface area contributed by atoms with Gasteiger partial charge in [-0.25, -0.2) is 4.39 Å². The van der Waals surface area contributed by atoms with Crippen molar-refractivity contribution in [1.82, 2.24) is 0 Å². The highest BCUT2D eigenvalue weighted by Gasteiger charge is 2.22. The van der Waals surface area contributed by atoms with Gasteiger partial charge < -0.3 is 0 Å². The first kappa shape index (κ1) is 13.4. The highest BCUT2D eigenvalue weighted by molar-refractivity contribution is 5.88. The molecule has 0 aliphatic carbocycles. The fourth-order valence-corrected chi connectivity index (χ4v) is 1.60. The Labute approximate surface area is 101 Å². The summed E-state index contributed by atoms with van der Waals surface area (Å²) in [5.41, 5.74) is 0.184. The summed E-state index contributed by atoms with van der Waals surface area (Å²) in [5, 5.41) is 9.00. The van der Waals surface area contributed by atoms with E-state index in [1.54, 1.807) is 12.1 Å². The largest absolute Gasteiger partial charge is 0.298 e. The van der Waals surface area contributed by atoms with Crippen LogP contribution in [0, 0.1) is 23.1 Å². The molecule has 2 nitrogen and oxygen atoms in total. The average molecular weight is 233 g/mol. The molecule has 0 N–H and O–H groups in total. The molecule has 0 radical (unpaired) electrons. The van der Waals surface area contributed by atoms with Crippen molar-refractivity contribution in [2.45, 2.75) is 32.6 Å². The fraction of sp³-hybridized carbons (Fsp3) is 0.429. The minimum absolute atomic E-state index is 0.184. The summed E-state index contributed by atoms with van der Waals surface area (Å²) < 4.78 is 13.5. The lowest BCUT2D eigenvalue weighted by atomic mass is 9.91. The van der Waals surface area contributed by atoms with Crippen LogP contribution in [0.3, 0.4) is 0 Å². The summed E-state index contributed by atoms with van der Waals surface area (Å²) in [6.45, 7) is 4.02. The van der Waals surface area contributed by atoms with E-state index in [1.807, 2.05) is 19.9 Å². The van der Waals surface area contributed by atoms with Crippen molar-refractivity contribution >= 4 is 5.78 Å². The van der Waals surface area contributed by atoms with Crippen LogP contribution in [0.4, 0.5) is 4.39 Å². The second kappa shape index (κ2) is 6.15. The molecule has 90 valence electrons. The van der Waals surface area contributed by atoms with Crippen molar-refractivity contribution in [2.75, 3.05) is 0 Å². The second-order valence-electron chi connectivity index (χ2n) is 4.48. The Hall–Kier alpha value is -1.69. The molecule has 0 spiro atoms. The SMILES string of the molecule is CC(C)CCC(=O)C(C#N)c1ccccc1F. The monoisotopic (exact) mass is 233 g/mol. The molecule has 0 saturated carbocycles. The molecule has 0 saturated heterocycles. The third-order valence-electron chi connectivity index (χ3n) is 2.64. The lowest BCUT2D eigenvalue weighted by Gasteiger charge is -2.10. The molecular weight excluding hydrogens is 217 g/mol. The van der Waals surface area contributed by atoms with E-state index in [0.717, 1.165) is 6.42 Å². The Morgan fingerprint density at radius 1 is 1.41 bits per heavy atom. The first-order valence-electron chi connectivity index (χ1n) is 5.73. The van der Waals surface area contributed by atoms with Gasteiger partial charge in [-0.05, 0) is 18.4 Å². The molecule has 0 bridgehead atoms. The summed E-state index contributed by atoms with van der Waals surface area (Å²) >= 11 is 0. The van der Waals surface area contributed by atoms with Crippen LogP contribution in [0.25, 0.3) is 0 Å². The van der Waals surface area contributed by atoms with Gasteiger partial charge in [0.1, 0.15) is 11.7 Å². The predicted molar refractivity (Wildman–Crippen MR) is 63.8 cm³/mol. The van der Waals surface area contributed by atoms with E-state index in [9.17, 15) is 9.18 Å². The Morgan fingerprint density at radius 3 is 2.59 bits per heavy atom. The van der Waals surface area contributed by atoms with Crippen molar-refractivity contribution in [3.8, 4) is 6.07 Å². The van der Waals surface area contributed by atoms with Crippen molar-refractivity contribution in [3.63, 3.8) is 0 Å². The number of hydrogen-bond donors (Lipinski definition) is 0. The maximum absolute atomic E-state index is 13.5. The molecule has 0 fully saturated rings. The van der Waals surface area contributed by atoms with Gasteiger partial charge in [-0.15, -0.1) is 0 Å². The molecule has 1 atom stereocenters. The summed E-state index contributed by atoms with van der Waals surface area (Å²) in [6, 6.07) is 7.85. The van der Waals surface area contributed by atoms with E-state index < -0.39 is 11.7 Å². The van der Waals surface area contributed by atoms with E-state index in [-0.39, 0.29) is 11.3 Å². The molecule has 1 unspecified atom stereocenters. The van der Waals surface area contributed by atoms with E-state index in [0.29, 0.717) is 12.3 Å². The average Bonchev–Trinajstić information content (AvgIpc) is 2.30. The molecule has 3 heteroatoms. The first-order chi connectivity index (χ1) is 8.06. The molecule has 0 aromatic heterocycles. The number of hydrogen-bond acceptors (Lipinski definition) is 2. The lowest BCUT2D eigenvalue weighted by Crippen LogP contribution is -2.13. The molecule has 0 heterocycles. The number of carbonyl (C=O) groups is 1. The second-order valence-corrected chi connectivity index (χ2v) is 4.48. The number of carbonyl (C=O) groups excluding carboxylic acids is 1. The Balaban J connectivity index is 2.83. The number of halogens is 1. The van der Waals surface area contributed by atoms with Crippen LogP contribution in [-0.2, 0) is 4.79 Å². The quantitative estimate of drug-likeness (QED) is 0.781. The molecule has 17 heavy (non-hydrogen) atoms. The maximum Gasteiger partial charge on any atom is 0.154 e. The highest BCUT2D eigenvalue weighted by atomic mass is 19.1. The number of nitrogens with zero attached hydrogens (tertiary/aromatic N) is 1. The predicted octanol–water partition coefficient (Wildman–Crippen LogP) is 3.44. The van der Waals surface area contributed by atoms with Crippen LogP contribution in [-0.4, -0.2) is 5.78 Å². The number of rotatable bonds is 5. The van der Waals surface area contributed by atoms with Crippen LogP contribution in [0.2, 0.25) is 0 Å². The van der Waals surface area contributed by atoms with E-state index >= 15 is 0 Å². The number of benzene rings is 1. The number of nitriles is 1. The highest BCUT2D eigenvalue weighted by Crippen LogP contribution is 2.22. The third-order valence-corrected chi connectivity index (χ3v) is 2.64. The summed E-state index contributed by atoms with van der Waals surface area (Å²) in [5.74, 6) is -1.27. The molecule has 1 aromatic rings. The molecule has 0 amide bonds. The zero-order valence-electron chi connectivity index (χ0n) is 10.1. The standard InChI is InChI=1S/C14H16FNO/c1-10(2)7-8-14(17)12(9-16)11-5-3-4-6-13(11)15/h3-6,10,12H,7-8H2,1-2H3. The molecular formula is C14H16FNO. The maximum atomic E-state index is 13.5. The van der Waals surface area contributed by atoms with Crippen molar-refractivity contribution in [2.24, 2.45) is 5.92 Å². The van der Waals surface area contributed by atoms with Crippen LogP contribution >= 0.6 is 0 Å². The molecule has 0 aliphatic rings. The first-order valence-corrected chi connectivity index (χ1v) is 5.73. The van der Waals surface area contributed by atoms with Crippen LogP contribution in [0.15, 0.2) is 24.3 Å². The summed E-state index contributed by atoms with van der Waals surface area (Å²) in [7, 11) is 0. The Kier molecular flexibility index (Phi) is 4.84. The van der Waals surface area contributed by atoms with Crippen LogP contribution in [0.5, 0.6) is 0 Å². The van der Waals surface area contributed by atoms with Crippen molar-refractivity contribution in [3.05, 3.63) is 35.6 Å². The Bertz CT molecular complexity index is 434. The molecule has 1 aromatic carbocycles. The summed E-state index contributed by atoms with van der Waals surface area (Å²) in [4.78, 5) is 11.8. The number of ketones is 1. The lowest BCUT2D eigenvalue weighted by molar-refractivity contribution is -0.119. The smallest absolute Gasteiger partial charge is 0.154 e. The zero-order chi connectivity index (χ0) is 12.8. The number of Topliss-reactive ketones (excluding diaryl/α,β-unsaturated/α-hetero) is 1. The minimum atomic E-state index is -0.977. The van der Waals surface area contributed by atoms with Crippen molar-refractivity contribution < 1.29 is 9.18 Å².